The molecule has 1 aliphatic rings. The molecule has 0 radical (unpaired) electrons. The van der Waals surface area contributed by atoms with Crippen LogP contribution in [0.15, 0.2) is 115 Å². The second-order valence-corrected chi connectivity index (χ2v) is 8.63. The summed E-state index contributed by atoms with van der Waals surface area (Å²) in [5, 5.41) is 6.19. The molecule has 0 amide bonds. The van der Waals surface area contributed by atoms with E-state index in [9.17, 15) is 0 Å². The minimum Gasteiger partial charge on any atom is -0.356 e. The Labute approximate surface area is 195 Å². The molecule has 0 saturated carbocycles. The molecule has 33 heavy (non-hydrogen) atoms. The molecule has 0 atom stereocenters. The first-order valence-corrected chi connectivity index (χ1v) is 11.6. The van der Waals surface area contributed by atoms with Gasteiger partial charge < -0.3 is 5.32 Å². The maximum absolute atomic E-state index is 3.55. The summed E-state index contributed by atoms with van der Waals surface area (Å²) in [6, 6.07) is 39.1. The number of rotatable bonds is 4. The molecule has 1 N–H and O–H groups in total. The maximum atomic E-state index is 3.55. The largest absolute Gasteiger partial charge is 0.356 e. The van der Waals surface area contributed by atoms with E-state index in [1.165, 1.54) is 44.2 Å². The van der Waals surface area contributed by atoms with Gasteiger partial charge in [0.15, 0.2) is 0 Å². The van der Waals surface area contributed by atoms with Crippen molar-refractivity contribution in [2.45, 2.75) is 12.8 Å². The highest BCUT2D eigenvalue weighted by Crippen LogP contribution is 2.38. The molecule has 1 nitrogen and oxygen atoms in total. The Balaban J connectivity index is 1.31. The van der Waals surface area contributed by atoms with Crippen molar-refractivity contribution in [2.24, 2.45) is 0 Å². The lowest BCUT2D eigenvalue weighted by Gasteiger charge is -2.19. The number of nitrogens with one attached hydrogen (secondary N) is 1. The molecular weight excluding hydrogens is 398 g/mol. The Bertz CT molecular complexity index is 1440. The van der Waals surface area contributed by atoms with Crippen LogP contribution in [-0.4, -0.2) is 0 Å². The Morgan fingerprint density at radius 3 is 1.97 bits per heavy atom. The minimum absolute atomic E-state index is 1.09. The predicted molar refractivity (Wildman–Crippen MR) is 142 cm³/mol. The second-order valence-electron chi connectivity index (χ2n) is 8.63. The molecule has 0 fully saturated rings. The van der Waals surface area contributed by atoms with Crippen LogP contribution in [0.25, 0.3) is 39.1 Å². The first-order valence-electron chi connectivity index (χ1n) is 11.6. The number of hydrogen-bond acceptors (Lipinski definition) is 1. The summed E-state index contributed by atoms with van der Waals surface area (Å²) in [7, 11) is 0. The predicted octanol–water partition coefficient (Wildman–Crippen LogP) is 8.88. The van der Waals surface area contributed by atoms with Gasteiger partial charge in [-0.2, -0.15) is 0 Å². The Hall–Kier alpha value is -4.10. The van der Waals surface area contributed by atoms with Gasteiger partial charge >= 0.3 is 0 Å². The van der Waals surface area contributed by atoms with Gasteiger partial charge in [-0.3, -0.25) is 0 Å². The molecular formula is C32H25N. The maximum Gasteiger partial charge on any atom is 0.0384 e. The molecule has 1 heteroatoms. The number of benzene rings is 5. The minimum atomic E-state index is 1.09. The highest BCUT2D eigenvalue weighted by atomic mass is 14.9. The van der Waals surface area contributed by atoms with Crippen LogP contribution in [0.1, 0.15) is 17.5 Å². The smallest absolute Gasteiger partial charge is 0.0384 e. The van der Waals surface area contributed by atoms with Crippen molar-refractivity contribution < 1.29 is 0 Å². The standard InChI is InChI=1S/C32H25N/c1-2-8-23(9-3-1)24-14-18-28(19-15-24)33-29-20-16-25(17-21-29)32-30-12-6-4-10-26(30)22-27-11-5-7-13-31(27)32/h1-4,6-10,12-22,33H,5,11H2. The summed E-state index contributed by atoms with van der Waals surface area (Å²) in [5.74, 6) is 0. The van der Waals surface area contributed by atoms with E-state index in [1.54, 1.807) is 0 Å². The van der Waals surface area contributed by atoms with Gasteiger partial charge in [0.25, 0.3) is 0 Å². The quantitative estimate of drug-likeness (QED) is 0.304. The van der Waals surface area contributed by atoms with Crippen molar-refractivity contribution in [2.75, 3.05) is 5.32 Å². The Kier molecular flexibility index (Phi) is 5.01. The highest BCUT2D eigenvalue weighted by molar-refractivity contribution is 6.02. The van der Waals surface area contributed by atoms with Crippen molar-refractivity contribution in [3.8, 4) is 22.3 Å². The van der Waals surface area contributed by atoms with E-state index in [-0.39, 0.29) is 0 Å². The molecule has 5 aromatic rings. The third-order valence-corrected chi connectivity index (χ3v) is 6.49. The average Bonchev–Trinajstić information content (AvgIpc) is 2.89. The molecule has 0 saturated heterocycles. The summed E-state index contributed by atoms with van der Waals surface area (Å²) < 4.78 is 0. The van der Waals surface area contributed by atoms with E-state index in [2.05, 4.69) is 121 Å². The zero-order valence-electron chi connectivity index (χ0n) is 18.5. The zero-order chi connectivity index (χ0) is 22.0. The van der Waals surface area contributed by atoms with Gasteiger partial charge in [-0.25, -0.2) is 0 Å². The Morgan fingerprint density at radius 2 is 1.21 bits per heavy atom. The third-order valence-electron chi connectivity index (χ3n) is 6.49. The molecule has 5 aromatic carbocycles. The number of fused-ring (bicyclic) bond motifs is 2. The fraction of sp³-hybridized carbons (Fsp3) is 0.0625. The number of allylic oxidation sites excluding steroid dienone is 1. The van der Waals surface area contributed by atoms with Crippen LogP contribution < -0.4 is 5.32 Å². The zero-order valence-corrected chi connectivity index (χ0v) is 18.5. The second kappa shape index (κ2) is 8.44. The van der Waals surface area contributed by atoms with E-state index < -0.39 is 0 Å². The van der Waals surface area contributed by atoms with Crippen LogP contribution in [0.3, 0.4) is 0 Å². The van der Waals surface area contributed by atoms with Crippen LogP contribution in [0.5, 0.6) is 0 Å². The first-order chi connectivity index (χ1) is 16.3. The molecule has 158 valence electrons. The van der Waals surface area contributed by atoms with Crippen molar-refractivity contribution in [3.05, 3.63) is 126 Å². The lowest BCUT2D eigenvalue weighted by Crippen LogP contribution is -1.98. The summed E-state index contributed by atoms with van der Waals surface area (Å²) in [4.78, 5) is 0. The first kappa shape index (κ1) is 19.6. The molecule has 1 aliphatic carbocycles. The SMILES string of the molecule is C1=Cc2c(cc3ccccc3c2-c2ccc(Nc3ccc(-c4ccccc4)cc3)cc2)CC1. The van der Waals surface area contributed by atoms with Crippen LogP contribution in [0.4, 0.5) is 11.4 Å². The average molecular weight is 424 g/mol. The van der Waals surface area contributed by atoms with Crippen LogP contribution in [0, 0.1) is 0 Å². The van der Waals surface area contributed by atoms with Gasteiger partial charge in [0.05, 0.1) is 0 Å². The topological polar surface area (TPSA) is 12.0 Å². The van der Waals surface area contributed by atoms with Gasteiger partial charge in [0, 0.05) is 11.4 Å². The van der Waals surface area contributed by atoms with Crippen molar-refractivity contribution >= 4 is 28.2 Å². The molecule has 0 aliphatic heterocycles. The van der Waals surface area contributed by atoms with Gasteiger partial charge in [0.2, 0.25) is 0 Å². The third kappa shape index (κ3) is 3.83. The molecule has 0 spiro atoms. The van der Waals surface area contributed by atoms with E-state index in [1.807, 2.05) is 6.07 Å². The van der Waals surface area contributed by atoms with Crippen molar-refractivity contribution in [3.63, 3.8) is 0 Å². The van der Waals surface area contributed by atoms with Gasteiger partial charge in [-0.05, 0) is 81.3 Å². The van der Waals surface area contributed by atoms with Crippen LogP contribution >= 0.6 is 0 Å². The number of hydrogen-bond donors (Lipinski definition) is 1. The molecule has 0 aromatic heterocycles. The monoisotopic (exact) mass is 423 g/mol. The fourth-order valence-corrected chi connectivity index (χ4v) is 4.83. The van der Waals surface area contributed by atoms with Crippen LogP contribution in [0.2, 0.25) is 0 Å². The van der Waals surface area contributed by atoms with Crippen LogP contribution in [-0.2, 0) is 6.42 Å². The van der Waals surface area contributed by atoms with Crippen molar-refractivity contribution in [1.29, 1.82) is 0 Å². The lowest BCUT2D eigenvalue weighted by atomic mass is 9.86. The lowest BCUT2D eigenvalue weighted by molar-refractivity contribution is 0.989. The summed E-state index contributed by atoms with van der Waals surface area (Å²) in [6.07, 6.45) is 6.84. The van der Waals surface area contributed by atoms with Gasteiger partial charge in [0.1, 0.15) is 0 Å². The van der Waals surface area contributed by atoms with Crippen molar-refractivity contribution in [1.82, 2.24) is 0 Å². The van der Waals surface area contributed by atoms with E-state index in [4.69, 9.17) is 0 Å². The molecule has 0 bridgehead atoms. The van der Waals surface area contributed by atoms with Gasteiger partial charge in [-0.15, -0.1) is 0 Å². The fourth-order valence-electron chi connectivity index (χ4n) is 4.83. The van der Waals surface area contributed by atoms with Gasteiger partial charge in [-0.1, -0.05) is 97.1 Å². The summed E-state index contributed by atoms with van der Waals surface area (Å²) >= 11 is 0. The van der Waals surface area contributed by atoms with E-state index >= 15 is 0 Å². The summed E-state index contributed by atoms with van der Waals surface area (Å²) in [5.41, 5.74) is 10.1. The molecule has 6 rings (SSSR count). The number of anilines is 2. The van der Waals surface area contributed by atoms with E-state index in [0.29, 0.717) is 0 Å². The Morgan fingerprint density at radius 1 is 0.576 bits per heavy atom. The molecule has 0 heterocycles. The van der Waals surface area contributed by atoms with E-state index in [0.717, 1.165) is 24.2 Å². The molecule has 0 unspecified atom stereocenters. The highest BCUT2D eigenvalue weighted by Gasteiger charge is 2.15. The number of aryl methyl sites for hydroxylation is 1. The normalized spacial score (nSPS) is 12.5. The summed E-state index contributed by atoms with van der Waals surface area (Å²) in [6.45, 7) is 0.